The standard InChI is InChI=1S/C15H20O3S/c1-11(2)8-9-18-15(17)10-19-14-6-4-13(5-7-14)12(3)16/h4-7,11H,8-10H2,1-3H3. The Labute approximate surface area is 118 Å². The molecule has 0 N–H and O–H groups in total. The molecule has 0 unspecified atom stereocenters. The SMILES string of the molecule is CC(=O)c1ccc(SCC(=O)OCCC(C)C)cc1. The molecule has 0 radical (unpaired) electrons. The first-order valence-electron chi connectivity index (χ1n) is 6.38. The molecule has 0 aliphatic carbocycles. The summed E-state index contributed by atoms with van der Waals surface area (Å²) >= 11 is 1.42. The third kappa shape index (κ3) is 6.43. The molecule has 1 rings (SSSR count). The van der Waals surface area contributed by atoms with Gasteiger partial charge in [-0.25, -0.2) is 0 Å². The summed E-state index contributed by atoms with van der Waals surface area (Å²) in [7, 11) is 0. The summed E-state index contributed by atoms with van der Waals surface area (Å²) in [5.74, 6) is 0.697. The number of ether oxygens (including phenoxy) is 1. The van der Waals surface area contributed by atoms with Crippen LogP contribution in [0, 0.1) is 5.92 Å². The van der Waals surface area contributed by atoms with Crippen molar-refractivity contribution in [2.75, 3.05) is 12.4 Å². The monoisotopic (exact) mass is 280 g/mol. The van der Waals surface area contributed by atoms with E-state index in [-0.39, 0.29) is 11.8 Å². The minimum absolute atomic E-state index is 0.0460. The Balaban J connectivity index is 2.32. The first-order chi connectivity index (χ1) is 8.99. The first kappa shape index (κ1) is 15.8. The van der Waals surface area contributed by atoms with Crippen molar-refractivity contribution in [2.45, 2.75) is 32.1 Å². The van der Waals surface area contributed by atoms with Crippen molar-refractivity contribution < 1.29 is 14.3 Å². The summed E-state index contributed by atoms with van der Waals surface area (Å²) in [6, 6.07) is 7.25. The van der Waals surface area contributed by atoms with Gasteiger partial charge in [0.05, 0.1) is 12.4 Å². The summed E-state index contributed by atoms with van der Waals surface area (Å²) in [4.78, 5) is 23.6. The van der Waals surface area contributed by atoms with E-state index in [1.807, 2.05) is 12.1 Å². The highest BCUT2D eigenvalue weighted by molar-refractivity contribution is 8.00. The minimum Gasteiger partial charge on any atom is -0.465 e. The number of rotatable bonds is 7. The fraction of sp³-hybridized carbons (Fsp3) is 0.467. The summed E-state index contributed by atoms with van der Waals surface area (Å²) in [6.07, 6.45) is 0.893. The Morgan fingerprint density at radius 2 is 1.84 bits per heavy atom. The lowest BCUT2D eigenvalue weighted by atomic mass is 10.1. The van der Waals surface area contributed by atoms with E-state index >= 15 is 0 Å². The van der Waals surface area contributed by atoms with Crippen molar-refractivity contribution in [3.63, 3.8) is 0 Å². The molecule has 0 saturated carbocycles. The van der Waals surface area contributed by atoms with Gasteiger partial charge in [-0.05, 0) is 31.4 Å². The molecule has 1 aromatic rings. The highest BCUT2D eigenvalue weighted by atomic mass is 32.2. The van der Waals surface area contributed by atoms with Crippen LogP contribution in [0.25, 0.3) is 0 Å². The Hall–Kier alpha value is -1.29. The van der Waals surface area contributed by atoms with E-state index in [4.69, 9.17) is 4.74 Å². The highest BCUT2D eigenvalue weighted by Gasteiger charge is 2.05. The molecule has 1 aromatic carbocycles. The van der Waals surface area contributed by atoms with Gasteiger partial charge in [-0.15, -0.1) is 11.8 Å². The third-order valence-electron chi connectivity index (χ3n) is 2.58. The van der Waals surface area contributed by atoms with Gasteiger partial charge in [-0.3, -0.25) is 9.59 Å². The van der Waals surface area contributed by atoms with E-state index < -0.39 is 0 Å². The van der Waals surface area contributed by atoms with Crippen LogP contribution < -0.4 is 0 Å². The first-order valence-corrected chi connectivity index (χ1v) is 7.37. The Morgan fingerprint density at radius 3 is 2.37 bits per heavy atom. The molecule has 4 heteroatoms. The molecule has 104 valence electrons. The number of hydrogen-bond donors (Lipinski definition) is 0. The van der Waals surface area contributed by atoms with E-state index in [2.05, 4.69) is 13.8 Å². The number of carbonyl (C=O) groups excluding carboxylic acids is 2. The maximum absolute atomic E-state index is 11.5. The predicted octanol–water partition coefficient (Wildman–Crippen LogP) is 3.57. The van der Waals surface area contributed by atoms with Crippen LogP contribution in [0.3, 0.4) is 0 Å². The number of hydrogen-bond acceptors (Lipinski definition) is 4. The number of benzene rings is 1. The molecule has 0 aliphatic heterocycles. The Kier molecular flexibility index (Phi) is 6.64. The zero-order valence-corrected chi connectivity index (χ0v) is 12.5. The van der Waals surface area contributed by atoms with Crippen molar-refractivity contribution >= 4 is 23.5 Å². The molecule has 0 fully saturated rings. The molecular weight excluding hydrogens is 260 g/mol. The van der Waals surface area contributed by atoms with Crippen LogP contribution in [0.5, 0.6) is 0 Å². The Morgan fingerprint density at radius 1 is 1.21 bits per heavy atom. The second kappa shape index (κ2) is 8.00. The maximum Gasteiger partial charge on any atom is 0.316 e. The van der Waals surface area contributed by atoms with Crippen LogP contribution in [0.2, 0.25) is 0 Å². The maximum atomic E-state index is 11.5. The molecule has 0 spiro atoms. The number of thioether (sulfide) groups is 1. The van der Waals surface area contributed by atoms with Gasteiger partial charge >= 0.3 is 5.97 Å². The molecule has 3 nitrogen and oxygen atoms in total. The lowest BCUT2D eigenvalue weighted by Crippen LogP contribution is -2.09. The van der Waals surface area contributed by atoms with E-state index in [1.54, 1.807) is 12.1 Å². The fourth-order valence-electron chi connectivity index (χ4n) is 1.38. The van der Waals surface area contributed by atoms with E-state index in [0.717, 1.165) is 11.3 Å². The zero-order valence-electron chi connectivity index (χ0n) is 11.6. The lowest BCUT2D eigenvalue weighted by Gasteiger charge is -2.06. The van der Waals surface area contributed by atoms with E-state index in [0.29, 0.717) is 23.8 Å². The second-order valence-electron chi connectivity index (χ2n) is 4.77. The smallest absolute Gasteiger partial charge is 0.316 e. The van der Waals surface area contributed by atoms with Crippen LogP contribution in [0.4, 0.5) is 0 Å². The van der Waals surface area contributed by atoms with Gasteiger partial charge in [0.25, 0.3) is 0 Å². The van der Waals surface area contributed by atoms with Crippen molar-refractivity contribution in [3.05, 3.63) is 29.8 Å². The second-order valence-corrected chi connectivity index (χ2v) is 5.82. The van der Waals surface area contributed by atoms with Crippen molar-refractivity contribution in [1.82, 2.24) is 0 Å². The lowest BCUT2D eigenvalue weighted by molar-refractivity contribution is -0.140. The summed E-state index contributed by atoms with van der Waals surface area (Å²) in [5.41, 5.74) is 0.684. The topological polar surface area (TPSA) is 43.4 Å². The van der Waals surface area contributed by atoms with Gasteiger partial charge < -0.3 is 4.74 Å². The summed E-state index contributed by atoms with van der Waals surface area (Å²) < 4.78 is 5.12. The third-order valence-corrected chi connectivity index (χ3v) is 3.56. The van der Waals surface area contributed by atoms with Gasteiger partial charge in [0, 0.05) is 10.5 Å². The van der Waals surface area contributed by atoms with Crippen molar-refractivity contribution in [2.24, 2.45) is 5.92 Å². The highest BCUT2D eigenvalue weighted by Crippen LogP contribution is 2.18. The van der Waals surface area contributed by atoms with Crippen LogP contribution in [-0.4, -0.2) is 24.1 Å². The molecular formula is C15H20O3S. The molecule has 0 aromatic heterocycles. The average Bonchev–Trinajstić information content (AvgIpc) is 2.36. The molecule has 0 amide bonds. The van der Waals surface area contributed by atoms with Gasteiger partial charge in [-0.1, -0.05) is 26.0 Å². The van der Waals surface area contributed by atoms with Crippen molar-refractivity contribution in [3.8, 4) is 0 Å². The molecule has 0 saturated heterocycles. The largest absolute Gasteiger partial charge is 0.465 e. The van der Waals surface area contributed by atoms with E-state index in [1.165, 1.54) is 18.7 Å². The van der Waals surface area contributed by atoms with Crippen LogP contribution in [0.1, 0.15) is 37.6 Å². The molecule has 0 aliphatic rings. The van der Waals surface area contributed by atoms with Crippen LogP contribution in [-0.2, 0) is 9.53 Å². The minimum atomic E-state index is -0.193. The van der Waals surface area contributed by atoms with Crippen molar-refractivity contribution in [1.29, 1.82) is 0 Å². The summed E-state index contributed by atoms with van der Waals surface area (Å²) in [5, 5.41) is 0. The molecule has 0 bridgehead atoms. The predicted molar refractivity (Wildman–Crippen MR) is 77.6 cm³/mol. The normalized spacial score (nSPS) is 10.5. The number of esters is 1. The van der Waals surface area contributed by atoms with Gasteiger partial charge in [0.15, 0.2) is 5.78 Å². The van der Waals surface area contributed by atoms with Crippen LogP contribution in [0.15, 0.2) is 29.2 Å². The Bertz CT molecular complexity index is 424. The summed E-state index contributed by atoms with van der Waals surface area (Å²) in [6.45, 7) is 6.22. The number of carbonyl (C=O) groups is 2. The molecule has 0 atom stereocenters. The van der Waals surface area contributed by atoms with E-state index in [9.17, 15) is 9.59 Å². The average molecular weight is 280 g/mol. The molecule has 0 heterocycles. The number of ketones is 1. The fourth-order valence-corrected chi connectivity index (χ4v) is 2.07. The zero-order chi connectivity index (χ0) is 14.3. The number of Topliss-reactive ketones (excluding diaryl/α,β-unsaturated/α-hetero) is 1. The van der Waals surface area contributed by atoms with Gasteiger partial charge in [-0.2, -0.15) is 0 Å². The van der Waals surface area contributed by atoms with Gasteiger partial charge in [0.2, 0.25) is 0 Å². The van der Waals surface area contributed by atoms with Crippen LogP contribution >= 0.6 is 11.8 Å². The van der Waals surface area contributed by atoms with Gasteiger partial charge in [0.1, 0.15) is 0 Å². The molecule has 19 heavy (non-hydrogen) atoms. The quantitative estimate of drug-likeness (QED) is 0.435.